The van der Waals surface area contributed by atoms with E-state index in [0.717, 1.165) is 17.5 Å². The smallest absolute Gasteiger partial charge is 0.255 e. The zero-order valence-corrected chi connectivity index (χ0v) is 14.3. The van der Waals surface area contributed by atoms with Gasteiger partial charge in [-0.05, 0) is 23.6 Å². The van der Waals surface area contributed by atoms with Crippen molar-refractivity contribution in [3.8, 4) is 0 Å². The van der Waals surface area contributed by atoms with Gasteiger partial charge in [-0.15, -0.1) is 0 Å². The fourth-order valence-corrected chi connectivity index (χ4v) is 3.12. The third kappa shape index (κ3) is 3.72. The molecule has 0 aliphatic carbocycles. The summed E-state index contributed by atoms with van der Waals surface area (Å²) in [4.78, 5) is 27.2. The molecule has 0 unspecified atom stereocenters. The molecule has 0 fully saturated rings. The van der Waals surface area contributed by atoms with Crippen LogP contribution in [0.1, 0.15) is 33.9 Å². The summed E-state index contributed by atoms with van der Waals surface area (Å²) in [6, 6.07) is 16.5. The molecule has 2 aromatic rings. The SMILES string of the molecule is COCCCNC(=O)[C@@H]1c2ccccc2C(=O)N1Cc1ccccc1. The van der Waals surface area contributed by atoms with E-state index < -0.39 is 6.04 Å². The lowest BCUT2D eigenvalue weighted by atomic mass is 10.0. The Morgan fingerprint density at radius 3 is 2.60 bits per heavy atom. The summed E-state index contributed by atoms with van der Waals surface area (Å²) in [5, 5.41) is 2.92. The maximum atomic E-state index is 12.8. The Kier molecular flexibility index (Phi) is 5.46. The third-order valence-electron chi connectivity index (χ3n) is 4.33. The van der Waals surface area contributed by atoms with E-state index in [4.69, 9.17) is 4.74 Å². The molecule has 2 amide bonds. The quantitative estimate of drug-likeness (QED) is 0.789. The molecule has 130 valence electrons. The molecule has 1 atom stereocenters. The molecule has 0 radical (unpaired) electrons. The summed E-state index contributed by atoms with van der Waals surface area (Å²) in [6.07, 6.45) is 0.739. The van der Waals surface area contributed by atoms with Gasteiger partial charge < -0.3 is 15.0 Å². The Balaban J connectivity index is 1.82. The molecule has 0 spiro atoms. The standard InChI is InChI=1S/C20H22N2O3/c1-25-13-7-12-21-19(23)18-16-10-5-6-11-17(16)20(24)22(18)14-15-8-3-2-4-9-15/h2-6,8-11,18H,7,12-14H2,1H3,(H,21,23)/t18-/m0/s1. The number of methoxy groups -OCH3 is 1. The van der Waals surface area contributed by atoms with E-state index in [9.17, 15) is 9.59 Å². The first-order valence-electron chi connectivity index (χ1n) is 8.43. The van der Waals surface area contributed by atoms with Crippen LogP contribution < -0.4 is 5.32 Å². The van der Waals surface area contributed by atoms with Crippen molar-refractivity contribution in [2.75, 3.05) is 20.3 Å². The number of carbonyl (C=O) groups excluding carboxylic acids is 2. The van der Waals surface area contributed by atoms with E-state index in [1.54, 1.807) is 18.1 Å². The maximum absolute atomic E-state index is 12.8. The number of hydrogen-bond donors (Lipinski definition) is 1. The van der Waals surface area contributed by atoms with Crippen LogP contribution in [0.15, 0.2) is 54.6 Å². The van der Waals surface area contributed by atoms with Gasteiger partial charge in [0.25, 0.3) is 5.91 Å². The van der Waals surface area contributed by atoms with E-state index >= 15 is 0 Å². The van der Waals surface area contributed by atoms with Crippen molar-refractivity contribution in [2.45, 2.75) is 19.0 Å². The second-order valence-corrected chi connectivity index (χ2v) is 6.05. The minimum Gasteiger partial charge on any atom is -0.385 e. The average Bonchev–Trinajstić information content (AvgIpc) is 2.92. The molecule has 2 aromatic carbocycles. The fourth-order valence-electron chi connectivity index (χ4n) is 3.12. The lowest BCUT2D eigenvalue weighted by molar-refractivity contribution is -0.125. The minimum absolute atomic E-state index is 0.100. The highest BCUT2D eigenvalue weighted by Gasteiger charge is 2.40. The molecule has 25 heavy (non-hydrogen) atoms. The van der Waals surface area contributed by atoms with Gasteiger partial charge in [-0.2, -0.15) is 0 Å². The summed E-state index contributed by atoms with van der Waals surface area (Å²) < 4.78 is 5.01. The van der Waals surface area contributed by atoms with Crippen LogP contribution in [-0.4, -0.2) is 37.0 Å². The predicted molar refractivity (Wildman–Crippen MR) is 95.0 cm³/mol. The van der Waals surface area contributed by atoms with Crippen LogP contribution in [0.25, 0.3) is 0 Å². The molecular weight excluding hydrogens is 316 g/mol. The van der Waals surface area contributed by atoms with Crippen LogP contribution in [-0.2, 0) is 16.1 Å². The van der Waals surface area contributed by atoms with Gasteiger partial charge in [-0.1, -0.05) is 48.5 Å². The van der Waals surface area contributed by atoms with E-state index in [0.29, 0.717) is 25.3 Å². The molecule has 0 aromatic heterocycles. The molecule has 1 aliphatic rings. The number of benzene rings is 2. The fraction of sp³-hybridized carbons (Fsp3) is 0.300. The Bertz CT molecular complexity index is 746. The summed E-state index contributed by atoms with van der Waals surface area (Å²) in [6.45, 7) is 1.53. The number of carbonyl (C=O) groups is 2. The topological polar surface area (TPSA) is 58.6 Å². The van der Waals surface area contributed by atoms with Gasteiger partial charge in [0, 0.05) is 32.4 Å². The Morgan fingerprint density at radius 2 is 1.84 bits per heavy atom. The summed E-state index contributed by atoms with van der Waals surface area (Å²) in [5.74, 6) is -0.248. The van der Waals surface area contributed by atoms with Crippen LogP contribution in [0, 0.1) is 0 Å². The number of hydrogen-bond acceptors (Lipinski definition) is 3. The van der Waals surface area contributed by atoms with Crippen LogP contribution in [0.2, 0.25) is 0 Å². The molecular formula is C20H22N2O3. The van der Waals surface area contributed by atoms with Crippen LogP contribution in [0.5, 0.6) is 0 Å². The molecule has 5 heteroatoms. The number of nitrogens with zero attached hydrogens (tertiary/aromatic N) is 1. The zero-order chi connectivity index (χ0) is 17.6. The van der Waals surface area contributed by atoms with Crippen molar-refractivity contribution in [1.82, 2.24) is 10.2 Å². The third-order valence-corrected chi connectivity index (χ3v) is 4.33. The number of ether oxygens (including phenoxy) is 1. The normalized spacial score (nSPS) is 16.0. The van der Waals surface area contributed by atoms with E-state index in [1.165, 1.54) is 0 Å². The first-order valence-corrected chi connectivity index (χ1v) is 8.43. The second-order valence-electron chi connectivity index (χ2n) is 6.05. The molecule has 1 N–H and O–H groups in total. The molecule has 1 aliphatic heterocycles. The van der Waals surface area contributed by atoms with Crippen LogP contribution >= 0.6 is 0 Å². The van der Waals surface area contributed by atoms with Gasteiger partial charge in [0.1, 0.15) is 6.04 Å². The van der Waals surface area contributed by atoms with Crippen molar-refractivity contribution in [2.24, 2.45) is 0 Å². The summed E-state index contributed by atoms with van der Waals surface area (Å²) in [7, 11) is 1.63. The van der Waals surface area contributed by atoms with Crippen molar-refractivity contribution < 1.29 is 14.3 Å². The zero-order valence-electron chi connectivity index (χ0n) is 14.3. The number of rotatable bonds is 7. The monoisotopic (exact) mass is 338 g/mol. The molecule has 5 nitrogen and oxygen atoms in total. The highest BCUT2D eigenvalue weighted by molar-refractivity contribution is 6.04. The van der Waals surface area contributed by atoms with Gasteiger partial charge in [0.15, 0.2) is 0 Å². The van der Waals surface area contributed by atoms with E-state index in [2.05, 4.69) is 5.32 Å². The van der Waals surface area contributed by atoms with Crippen LogP contribution in [0.3, 0.4) is 0 Å². The Labute approximate surface area is 147 Å². The number of nitrogens with one attached hydrogen (secondary N) is 1. The molecule has 1 heterocycles. The predicted octanol–water partition coefficient (Wildman–Crippen LogP) is 2.54. The van der Waals surface area contributed by atoms with Crippen molar-refractivity contribution in [1.29, 1.82) is 0 Å². The van der Waals surface area contributed by atoms with Crippen molar-refractivity contribution in [3.63, 3.8) is 0 Å². The summed E-state index contributed by atoms with van der Waals surface area (Å²) in [5.41, 5.74) is 2.38. The van der Waals surface area contributed by atoms with Gasteiger partial charge >= 0.3 is 0 Å². The van der Waals surface area contributed by atoms with E-state index in [1.807, 2.05) is 48.5 Å². The maximum Gasteiger partial charge on any atom is 0.255 e. The van der Waals surface area contributed by atoms with E-state index in [-0.39, 0.29) is 11.8 Å². The minimum atomic E-state index is -0.591. The van der Waals surface area contributed by atoms with Gasteiger partial charge in [-0.25, -0.2) is 0 Å². The van der Waals surface area contributed by atoms with Gasteiger partial charge in [-0.3, -0.25) is 9.59 Å². The average molecular weight is 338 g/mol. The number of fused-ring (bicyclic) bond motifs is 1. The van der Waals surface area contributed by atoms with Crippen molar-refractivity contribution in [3.05, 3.63) is 71.3 Å². The van der Waals surface area contributed by atoms with Gasteiger partial charge in [0.2, 0.25) is 5.91 Å². The lowest BCUT2D eigenvalue weighted by Crippen LogP contribution is -2.39. The van der Waals surface area contributed by atoms with Crippen LogP contribution in [0.4, 0.5) is 0 Å². The molecule has 0 saturated carbocycles. The first-order chi connectivity index (χ1) is 12.2. The highest BCUT2D eigenvalue weighted by Crippen LogP contribution is 2.34. The molecule has 0 bridgehead atoms. The first kappa shape index (κ1) is 17.2. The second kappa shape index (κ2) is 7.94. The number of amides is 2. The largest absolute Gasteiger partial charge is 0.385 e. The Hall–Kier alpha value is -2.66. The lowest BCUT2D eigenvalue weighted by Gasteiger charge is -2.24. The highest BCUT2D eigenvalue weighted by atomic mass is 16.5. The molecule has 0 saturated heterocycles. The summed E-state index contributed by atoms with van der Waals surface area (Å²) >= 11 is 0. The van der Waals surface area contributed by atoms with Gasteiger partial charge in [0.05, 0.1) is 0 Å². The van der Waals surface area contributed by atoms with Crippen molar-refractivity contribution >= 4 is 11.8 Å². The molecule has 3 rings (SSSR count). The Morgan fingerprint density at radius 1 is 1.12 bits per heavy atom.